The van der Waals surface area contributed by atoms with E-state index in [2.05, 4.69) is 13.8 Å². The van der Waals surface area contributed by atoms with E-state index in [1.165, 1.54) is 4.88 Å². The zero-order valence-electron chi connectivity index (χ0n) is 9.79. The monoisotopic (exact) mass is 226 g/mol. The van der Waals surface area contributed by atoms with Crippen molar-refractivity contribution in [2.45, 2.75) is 27.7 Å². The van der Waals surface area contributed by atoms with Crippen LogP contribution in [0.1, 0.15) is 34.0 Å². The first-order chi connectivity index (χ1) is 7.00. The van der Waals surface area contributed by atoms with Gasteiger partial charge in [-0.25, -0.2) is 0 Å². The number of hydrogen-bond donors (Lipinski definition) is 0. The highest BCUT2D eigenvalue weighted by atomic mass is 32.1. The molecule has 1 aromatic heterocycles. The van der Waals surface area contributed by atoms with E-state index in [-0.39, 0.29) is 12.4 Å². The van der Waals surface area contributed by atoms with Crippen LogP contribution in [-0.4, -0.2) is 19.0 Å². The second-order valence-electron chi connectivity index (χ2n) is 4.16. The summed E-state index contributed by atoms with van der Waals surface area (Å²) < 4.78 is 5.33. The summed E-state index contributed by atoms with van der Waals surface area (Å²) in [5, 5.41) is 0. The van der Waals surface area contributed by atoms with Gasteiger partial charge in [0.1, 0.15) is 6.61 Å². The van der Waals surface area contributed by atoms with Gasteiger partial charge in [-0.1, -0.05) is 13.8 Å². The number of carbonyl (C=O) groups is 1. The van der Waals surface area contributed by atoms with Crippen molar-refractivity contribution < 1.29 is 9.53 Å². The fraction of sp³-hybridized carbons (Fsp3) is 0.583. The standard InChI is InChI=1S/C12H18O2S/c1-8(2)6-14-7-12(13)11-5-9(3)15-10(11)4/h5,8H,6-7H2,1-4H3. The van der Waals surface area contributed by atoms with E-state index < -0.39 is 0 Å². The van der Waals surface area contributed by atoms with Crippen LogP contribution in [0.4, 0.5) is 0 Å². The molecule has 0 spiro atoms. The zero-order chi connectivity index (χ0) is 11.4. The Kier molecular flexibility index (Phi) is 4.48. The second kappa shape index (κ2) is 5.42. The molecule has 0 aromatic carbocycles. The van der Waals surface area contributed by atoms with Gasteiger partial charge in [0.2, 0.25) is 0 Å². The van der Waals surface area contributed by atoms with Crippen molar-refractivity contribution in [1.29, 1.82) is 0 Å². The van der Waals surface area contributed by atoms with E-state index >= 15 is 0 Å². The highest BCUT2D eigenvalue weighted by Crippen LogP contribution is 2.20. The van der Waals surface area contributed by atoms with E-state index in [0.29, 0.717) is 12.5 Å². The maximum atomic E-state index is 11.7. The second-order valence-corrected chi connectivity index (χ2v) is 5.62. The van der Waals surface area contributed by atoms with Crippen molar-refractivity contribution in [2.24, 2.45) is 5.92 Å². The van der Waals surface area contributed by atoms with E-state index in [9.17, 15) is 4.79 Å². The Morgan fingerprint density at radius 2 is 2.13 bits per heavy atom. The molecule has 84 valence electrons. The van der Waals surface area contributed by atoms with Crippen molar-refractivity contribution >= 4 is 17.1 Å². The molecule has 0 N–H and O–H groups in total. The summed E-state index contributed by atoms with van der Waals surface area (Å²) in [6, 6.07) is 1.95. The lowest BCUT2D eigenvalue weighted by Crippen LogP contribution is -2.12. The fourth-order valence-corrected chi connectivity index (χ4v) is 2.32. The molecule has 0 fully saturated rings. The largest absolute Gasteiger partial charge is 0.373 e. The minimum Gasteiger partial charge on any atom is -0.373 e. The Hall–Kier alpha value is -0.670. The highest BCUT2D eigenvalue weighted by Gasteiger charge is 2.11. The summed E-state index contributed by atoms with van der Waals surface area (Å²) in [5.74, 6) is 0.570. The maximum absolute atomic E-state index is 11.7. The van der Waals surface area contributed by atoms with E-state index in [0.717, 1.165) is 10.4 Å². The minimum absolute atomic E-state index is 0.0949. The smallest absolute Gasteiger partial charge is 0.189 e. The third-order valence-electron chi connectivity index (χ3n) is 2.03. The molecule has 0 saturated heterocycles. The SMILES string of the molecule is Cc1cc(C(=O)COCC(C)C)c(C)s1. The number of rotatable bonds is 5. The molecule has 0 saturated carbocycles. The molecule has 15 heavy (non-hydrogen) atoms. The summed E-state index contributed by atoms with van der Waals surface area (Å²) in [5.41, 5.74) is 0.821. The van der Waals surface area contributed by atoms with Crippen LogP contribution in [0.5, 0.6) is 0 Å². The van der Waals surface area contributed by atoms with Gasteiger partial charge in [-0.3, -0.25) is 4.79 Å². The van der Waals surface area contributed by atoms with Crippen LogP contribution < -0.4 is 0 Å². The normalized spacial score (nSPS) is 11.0. The molecule has 1 rings (SSSR count). The molecule has 1 aromatic rings. The van der Waals surface area contributed by atoms with Gasteiger partial charge in [0.05, 0.1) is 0 Å². The van der Waals surface area contributed by atoms with Crippen LogP contribution >= 0.6 is 11.3 Å². The van der Waals surface area contributed by atoms with Crippen LogP contribution in [0.15, 0.2) is 6.07 Å². The molecular formula is C12H18O2S. The summed E-state index contributed by atoms with van der Waals surface area (Å²) >= 11 is 1.66. The van der Waals surface area contributed by atoms with Crippen molar-refractivity contribution in [2.75, 3.05) is 13.2 Å². The Bertz CT molecular complexity index is 339. The molecule has 2 nitrogen and oxygen atoms in total. The number of Topliss-reactive ketones (excluding diaryl/α,β-unsaturated/α-hetero) is 1. The number of thiophene rings is 1. The van der Waals surface area contributed by atoms with Gasteiger partial charge >= 0.3 is 0 Å². The van der Waals surface area contributed by atoms with Crippen molar-refractivity contribution in [1.82, 2.24) is 0 Å². The molecule has 0 aliphatic rings. The lowest BCUT2D eigenvalue weighted by atomic mass is 10.2. The summed E-state index contributed by atoms with van der Waals surface area (Å²) in [6.45, 7) is 8.99. The number of ether oxygens (including phenoxy) is 1. The quantitative estimate of drug-likeness (QED) is 0.721. The number of carbonyl (C=O) groups excluding carboxylic acids is 1. The van der Waals surface area contributed by atoms with Gasteiger partial charge in [0.25, 0.3) is 0 Å². The molecule has 3 heteroatoms. The molecule has 0 amide bonds. The number of aryl methyl sites for hydroxylation is 2. The first-order valence-electron chi connectivity index (χ1n) is 5.18. The summed E-state index contributed by atoms with van der Waals surface area (Å²) in [4.78, 5) is 14.0. The Morgan fingerprint density at radius 3 is 2.60 bits per heavy atom. The predicted molar refractivity (Wildman–Crippen MR) is 63.8 cm³/mol. The van der Waals surface area contributed by atoms with E-state index in [1.54, 1.807) is 11.3 Å². The van der Waals surface area contributed by atoms with Crippen molar-refractivity contribution in [3.05, 3.63) is 21.4 Å². The highest BCUT2D eigenvalue weighted by molar-refractivity contribution is 7.12. The molecule has 0 aliphatic carbocycles. The fourth-order valence-electron chi connectivity index (χ4n) is 1.37. The Morgan fingerprint density at radius 1 is 1.47 bits per heavy atom. The molecule has 1 heterocycles. The maximum Gasteiger partial charge on any atom is 0.189 e. The van der Waals surface area contributed by atoms with Crippen LogP contribution in [0.3, 0.4) is 0 Å². The lowest BCUT2D eigenvalue weighted by molar-refractivity contribution is 0.0705. The lowest BCUT2D eigenvalue weighted by Gasteiger charge is -2.05. The van der Waals surface area contributed by atoms with Crippen LogP contribution in [0.25, 0.3) is 0 Å². The van der Waals surface area contributed by atoms with Crippen LogP contribution in [-0.2, 0) is 4.74 Å². The first kappa shape index (κ1) is 12.4. The summed E-state index contributed by atoms with van der Waals surface area (Å²) in [7, 11) is 0. The molecule has 0 aliphatic heterocycles. The molecule has 0 atom stereocenters. The Labute approximate surface area is 95.3 Å². The number of hydrogen-bond acceptors (Lipinski definition) is 3. The van der Waals surface area contributed by atoms with Gasteiger partial charge in [-0.05, 0) is 25.8 Å². The Balaban J connectivity index is 2.50. The molecule has 0 bridgehead atoms. The van der Waals surface area contributed by atoms with Crippen LogP contribution in [0.2, 0.25) is 0 Å². The van der Waals surface area contributed by atoms with Gasteiger partial charge in [0, 0.05) is 21.9 Å². The van der Waals surface area contributed by atoms with Gasteiger partial charge in [-0.15, -0.1) is 11.3 Å². The van der Waals surface area contributed by atoms with E-state index in [1.807, 2.05) is 19.9 Å². The average molecular weight is 226 g/mol. The van der Waals surface area contributed by atoms with Gasteiger partial charge in [0.15, 0.2) is 5.78 Å². The molecule has 0 unspecified atom stereocenters. The predicted octanol–water partition coefficient (Wildman–Crippen LogP) is 3.22. The third-order valence-corrected chi connectivity index (χ3v) is 2.99. The zero-order valence-corrected chi connectivity index (χ0v) is 10.6. The van der Waals surface area contributed by atoms with Crippen molar-refractivity contribution in [3.63, 3.8) is 0 Å². The van der Waals surface area contributed by atoms with Gasteiger partial charge < -0.3 is 4.74 Å². The summed E-state index contributed by atoms with van der Waals surface area (Å²) in [6.07, 6.45) is 0. The molecular weight excluding hydrogens is 208 g/mol. The minimum atomic E-state index is 0.0949. The van der Waals surface area contributed by atoms with Crippen LogP contribution in [0, 0.1) is 19.8 Å². The van der Waals surface area contributed by atoms with Crippen molar-refractivity contribution in [3.8, 4) is 0 Å². The first-order valence-corrected chi connectivity index (χ1v) is 6.00. The third kappa shape index (κ3) is 3.76. The topological polar surface area (TPSA) is 26.3 Å². The van der Waals surface area contributed by atoms with E-state index in [4.69, 9.17) is 4.74 Å². The molecule has 0 radical (unpaired) electrons. The average Bonchev–Trinajstić information content (AvgIpc) is 2.44. The van der Waals surface area contributed by atoms with Gasteiger partial charge in [-0.2, -0.15) is 0 Å². The number of ketones is 1.